The first-order chi connectivity index (χ1) is 8.76. The molecule has 102 valence electrons. The van der Waals surface area contributed by atoms with E-state index in [1.54, 1.807) is 12.1 Å². The summed E-state index contributed by atoms with van der Waals surface area (Å²) in [6, 6.07) is 8.95. The van der Waals surface area contributed by atoms with E-state index >= 15 is 0 Å². The van der Waals surface area contributed by atoms with Crippen molar-refractivity contribution in [2.75, 3.05) is 0 Å². The third-order valence-corrected chi connectivity index (χ3v) is 2.80. The standard InChI is InChI=1S/C13H8F6/c14-11(15)13(18,19)12(16,17)10-6-5-8-3-1-2-4-9(8)7-10/h1-7,11H. The Bertz CT molecular complexity index is 590. The van der Waals surface area contributed by atoms with Gasteiger partial charge in [-0.25, -0.2) is 8.78 Å². The topological polar surface area (TPSA) is 0 Å². The van der Waals surface area contributed by atoms with E-state index in [0.717, 1.165) is 12.1 Å². The summed E-state index contributed by atoms with van der Waals surface area (Å²) in [4.78, 5) is 0. The zero-order valence-electron chi connectivity index (χ0n) is 9.39. The van der Waals surface area contributed by atoms with E-state index in [2.05, 4.69) is 0 Å². The normalized spacial score (nSPS) is 13.2. The van der Waals surface area contributed by atoms with Gasteiger partial charge in [-0.1, -0.05) is 36.4 Å². The highest BCUT2D eigenvalue weighted by atomic mass is 19.3. The number of hydrogen-bond acceptors (Lipinski definition) is 0. The van der Waals surface area contributed by atoms with Crippen molar-refractivity contribution in [2.45, 2.75) is 18.3 Å². The van der Waals surface area contributed by atoms with E-state index in [1.165, 1.54) is 18.2 Å². The largest absolute Gasteiger partial charge is 0.373 e. The predicted molar refractivity (Wildman–Crippen MR) is 58.8 cm³/mol. The van der Waals surface area contributed by atoms with Gasteiger partial charge in [0.05, 0.1) is 0 Å². The molecule has 0 unspecified atom stereocenters. The molecule has 0 radical (unpaired) electrons. The van der Waals surface area contributed by atoms with Gasteiger partial charge in [0.25, 0.3) is 0 Å². The fraction of sp³-hybridized carbons (Fsp3) is 0.231. The van der Waals surface area contributed by atoms with Crippen LogP contribution in [-0.2, 0) is 5.92 Å². The fourth-order valence-corrected chi connectivity index (χ4v) is 1.71. The van der Waals surface area contributed by atoms with E-state index in [9.17, 15) is 26.3 Å². The minimum Gasteiger partial charge on any atom is -0.203 e. The molecule has 0 heterocycles. The molecule has 0 nitrogen and oxygen atoms in total. The van der Waals surface area contributed by atoms with E-state index < -0.39 is 23.8 Å². The third-order valence-electron chi connectivity index (χ3n) is 2.80. The van der Waals surface area contributed by atoms with Crippen LogP contribution in [0.25, 0.3) is 10.8 Å². The highest BCUT2D eigenvalue weighted by Gasteiger charge is 2.63. The lowest BCUT2D eigenvalue weighted by Gasteiger charge is -2.26. The molecule has 0 N–H and O–H groups in total. The molecule has 19 heavy (non-hydrogen) atoms. The van der Waals surface area contributed by atoms with E-state index in [1.807, 2.05) is 0 Å². The highest BCUT2D eigenvalue weighted by molar-refractivity contribution is 5.83. The van der Waals surface area contributed by atoms with Gasteiger partial charge >= 0.3 is 18.3 Å². The Labute approximate surface area is 104 Å². The zero-order chi connectivity index (χ0) is 14.3. The second-order valence-electron chi connectivity index (χ2n) is 4.06. The number of benzene rings is 2. The lowest BCUT2D eigenvalue weighted by atomic mass is 9.99. The van der Waals surface area contributed by atoms with E-state index in [-0.39, 0.29) is 5.39 Å². The van der Waals surface area contributed by atoms with E-state index in [4.69, 9.17) is 0 Å². The molecular weight excluding hydrogens is 270 g/mol. The molecule has 0 saturated heterocycles. The van der Waals surface area contributed by atoms with Crippen LogP contribution in [0.1, 0.15) is 5.56 Å². The van der Waals surface area contributed by atoms with Gasteiger partial charge in [0, 0.05) is 5.56 Å². The van der Waals surface area contributed by atoms with Crippen LogP contribution in [0.4, 0.5) is 26.3 Å². The number of rotatable bonds is 3. The molecule has 0 saturated carbocycles. The van der Waals surface area contributed by atoms with Crippen LogP contribution in [0.5, 0.6) is 0 Å². The Balaban J connectivity index is 2.54. The van der Waals surface area contributed by atoms with Gasteiger partial charge in [-0.2, -0.15) is 17.6 Å². The third kappa shape index (κ3) is 2.15. The van der Waals surface area contributed by atoms with Crippen LogP contribution in [0.2, 0.25) is 0 Å². The molecule has 0 spiro atoms. The molecule has 2 rings (SSSR count). The van der Waals surface area contributed by atoms with Crippen LogP contribution >= 0.6 is 0 Å². The molecular formula is C13H8F6. The van der Waals surface area contributed by atoms with Crippen molar-refractivity contribution in [3.8, 4) is 0 Å². The summed E-state index contributed by atoms with van der Waals surface area (Å²) in [5, 5.41) is 0.840. The average Bonchev–Trinajstić information content (AvgIpc) is 2.37. The molecule has 6 heteroatoms. The second kappa shape index (κ2) is 4.43. The molecule has 0 aliphatic carbocycles. The van der Waals surface area contributed by atoms with Crippen molar-refractivity contribution in [1.29, 1.82) is 0 Å². The van der Waals surface area contributed by atoms with Crippen molar-refractivity contribution >= 4 is 10.8 Å². The van der Waals surface area contributed by atoms with E-state index in [0.29, 0.717) is 5.39 Å². The number of halogens is 6. The SMILES string of the molecule is FC(F)C(F)(F)C(F)(F)c1ccc2ccccc2c1. The number of hydrogen-bond donors (Lipinski definition) is 0. The maximum atomic E-state index is 13.5. The maximum Gasteiger partial charge on any atom is 0.373 e. The smallest absolute Gasteiger partial charge is 0.203 e. The van der Waals surface area contributed by atoms with Gasteiger partial charge in [0.1, 0.15) is 0 Å². The lowest BCUT2D eigenvalue weighted by Crippen LogP contribution is -2.44. The van der Waals surface area contributed by atoms with Crippen molar-refractivity contribution < 1.29 is 26.3 Å². The first kappa shape index (κ1) is 13.7. The van der Waals surface area contributed by atoms with Crippen LogP contribution in [0.3, 0.4) is 0 Å². The monoisotopic (exact) mass is 278 g/mol. The van der Waals surface area contributed by atoms with Crippen molar-refractivity contribution in [2.24, 2.45) is 0 Å². The molecule has 2 aromatic rings. The quantitative estimate of drug-likeness (QED) is 0.705. The first-order valence-corrected chi connectivity index (χ1v) is 5.30. The lowest BCUT2D eigenvalue weighted by molar-refractivity contribution is -0.270. The van der Waals surface area contributed by atoms with Crippen molar-refractivity contribution in [3.63, 3.8) is 0 Å². The molecule has 0 amide bonds. The Hall–Kier alpha value is -1.72. The second-order valence-corrected chi connectivity index (χ2v) is 4.06. The van der Waals surface area contributed by atoms with Crippen LogP contribution in [0, 0.1) is 0 Å². The van der Waals surface area contributed by atoms with Gasteiger partial charge in [-0.3, -0.25) is 0 Å². The summed E-state index contributed by atoms with van der Waals surface area (Å²) in [5.74, 6) is -10.3. The molecule has 0 atom stereocenters. The van der Waals surface area contributed by atoms with Crippen molar-refractivity contribution in [3.05, 3.63) is 48.0 Å². The molecule has 0 aromatic heterocycles. The fourth-order valence-electron chi connectivity index (χ4n) is 1.71. The first-order valence-electron chi connectivity index (χ1n) is 5.30. The molecule has 0 aliphatic heterocycles. The van der Waals surface area contributed by atoms with Crippen LogP contribution in [0.15, 0.2) is 42.5 Å². The molecule has 0 fully saturated rings. The summed E-state index contributed by atoms with van der Waals surface area (Å²) >= 11 is 0. The number of fused-ring (bicyclic) bond motifs is 1. The van der Waals surface area contributed by atoms with Gasteiger partial charge in [0.15, 0.2) is 0 Å². The van der Waals surface area contributed by atoms with Gasteiger partial charge in [0.2, 0.25) is 0 Å². The average molecular weight is 278 g/mol. The Kier molecular flexibility index (Phi) is 3.20. The van der Waals surface area contributed by atoms with Gasteiger partial charge in [-0.05, 0) is 16.8 Å². The minimum atomic E-state index is -5.41. The van der Waals surface area contributed by atoms with Crippen molar-refractivity contribution in [1.82, 2.24) is 0 Å². The number of alkyl halides is 6. The molecule has 0 aliphatic rings. The zero-order valence-corrected chi connectivity index (χ0v) is 9.39. The molecule has 0 bridgehead atoms. The Morgan fingerprint density at radius 2 is 1.37 bits per heavy atom. The maximum absolute atomic E-state index is 13.5. The Morgan fingerprint density at radius 1 is 0.789 bits per heavy atom. The summed E-state index contributed by atoms with van der Waals surface area (Å²) < 4.78 is 76.9. The molecule has 2 aromatic carbocycles. The van der Waals surface area contributed by atoms with Gasteiger partial charge in [-0.15, -0.1) is 0 Å². The Morgan fingerprint density at radius 3 is 1.95 bits per heavy atom. The minimum absolute atomic E-state index is 0.282. The van der Waals surface area contributed by atoms with Gasteiger partial charge < -0.3 is 0 Å². The highest BCUT2D eigenvalue weighted by Crippen LogP contribution is 2.46. The summed E-state index contributed by atoms with van der Waals surface area (Å²) in [5.41, 5.74) is -1.13. The van der Waals surface area contributed by atoms with Crippen LogP contribution < -0.4 is 0 Å². The predicted octanol–water partition coefficient (Wildman–Crippen LogP) is 4.83. The summed E-state index contributed by atoms with van der Waals surface area (Å²) in [6.45, 7) is 0. The summed E-state index contributed by atoms with van der Waals surface area (Å²) in [7, 11) is 0. The van der Waals surface area contributed by atoms with Crippen LogP contribution in [-0.4, -0.2) is 12.3 Å². The summed E-state index contributed by atoms with van der Waals surface area (Å²) in [6.07, 6.45) is -4.44.